The molecule has 0 fully saturated rings. The lowest BCUT2D eigenvalue weighted by Gasteiger charge is -2.50. The maximum Gasteiger partial charge on any atom is 0.326 e. The summed E-state index contributed by atoms with van der Waals surface area (Å²) >= 11 is 0. The van der Waals surface area contributed by atoms with E-state index < -0.39 is 12.0 Å². The molecule has 0 aliphatic carbocycles. The van der Waals surface area contributed by atoms with Crippen LogP contribution in [-0.2, 0) is 4.79 Å². The average molecular weight is 305 g/mol. The third-order valence-corrected chi connectivity index (χ3v) is 4.64. The summed E-state index contributed by atoms with van der Waals surface area (Å²) in [5.74, 6) is 0.427. The largest absolute Gasteiger partial charge is 0.497 e. The molecule has 0 saturated carbocycles. The second-order valence-electron chi connectivity index (χ2n) is 6.86. The van der Waals surface area contributed by atoms with Crippen molar-refractivity contribution >= 4 is 11.7 Å². The Morgan fingerprint density at radius 3 is 2.73 bits per heavy atom. The lowest BCUT2D eigenvalue weighted by Crippen LogP contribution is -2.56. The zero-order chi connectivity index (χ0) is 16.5. The molecule has 122 valence electrons. The molecule has 4 heteroatoms. The summed E-state index contributed by atoms with van der Waals surface area (Å²) in [4.78, 5) is 13.9. The normalized spacial score (nSPS) is 21.1. The summed E-state index contributed by atoms with van der Waals surface area (Å²) in [5.41, 5.74) is 2.02. The minimum atomic E-state index is -0.752. The Morgan fingerprint density at radius 1 is 1.50 bits per heavy atom. The fourth-order valence-electron chi connectivity index (χ4n) is 3.79. The summed E-state index contributed by atoms with van der Waals surface area (Å²) in [5, 5.41) is 9.73. The molecule has 1 aromatic carbocycles. The first kappa shape index (κ1) is 16.7. The van der Waals surface area contributed by atoms with Crippen LogP contribution in [0.4, 0.5) is 5.69 Å². The van der Waals surface area contributed by atoms with Crippen LogP contribution in [0.1, 0.15) is 58.4 Å². The third-order valence-electron chi connectivity index (χ3n) is 4.64. The Morgan fingerprint density at radius 2 is 2.18 bits per heavy atom. The zero-order valence-corrected chi connectivity index (χ0v) is 14.2. The van der Waals surface area contributed by atoms with Crippen molar-refractivity contribution in [3.63, 3.8) is 0 Å². The number of aliphatic carboxylic acids is 1. The second kappa shape index (κ2) is 6.19. The van der Waals surface area contributed by atoms with Crippen molar-refractivity contribution < 1.29 is 14.6 Å². The molecule has 1 aliphatic rings. The molecule has 1 N–H and O–H groups in total. The van der Waals surface area contributed by atoms with Gasteiger partial charge in [-0.25, -0.2) is 4.79 Å². The van der Waals surface area contributed by atoms with E-state index in [9.17, 15) is 9.90 Å². The van der Waals surface area contributed by atoms with Gasteiger partial charge in [0.15, 0.2) is 0 Å². The van der Waals surface area contributed by atoms with E-state index in [4.69, 9.17) is 4.74 Å². The zero-order valence-electron chi connectivity index (χ0n) is 14.2. The van der Waals surface area contributed by atoms with Gasteiger partial charge in [0.1, 0.15) is 11.8 Å². The van der Waals surface area contributed by atoms with Gasteiger partial charge in [0.25, 0.3) is 0 Å². The van der Waals surface area contributed by atoms with Gasteiger partial charge in [-0.2, -0.15) is 0 Å². The summed E-state index contributed by atoms with van der Waals surface area (Å²) in [7, 11) is 1.64. The van der Waals surface area contributed by atoms with Gasteiger partial charge in [-0.15, -0.1) is 0 Å². The Hall–Kier alpha value is -1.71. The molecule has 0 aromatic heterocycles. The van der Waals surface area contributed by atoms with Gasteiger partial charge in [0.05, 0.1) is 7.11 Å². The highest BCUT2D eigenvalue weighted by atomic mass is 16.5. The average Bonchev–Trinajstić information content (AvgIpc) is 2.44. The maximum absolute atomic E-state index is 11.8. The molecular weight excluding hydrogens is 278 g/mol. The van der Waals surface area contributed by atoms with Crippen molar-refractivity contribution in [3.8, 4) is 5.75 Å². The Bertz CT molecular complexity index is 553. The number of nitrogens with zero attached hydrogens (tertiary/aromatic N) is 1. The first-order chi connectivity index (χ1) is 10.3. The van der Waals surface area contributed by atoms with Crippen molar-refractivity contribution in [2.45, 2.75) is 64.5 Å². The summed E-state index contributed by atoms with van der Waals surface area (Å²) in [6.07, 6.45) is 2.43. The van der Waals surface area contributed by atoms with Gasteiger partial charge in [-0.3, -0.25) is 0 Å². The van der Waals surface area contributed by atoms with E-state index in [0.29, 0.717) is 12.3 Å². The highest BCUT2D eigenvalue weighted by Crippen LogP contribution is 2.46. The molecule has 0 bridgehead atoms. The monoisotopic (exact) mass is 305 g/mol. The van der Waals surface area contributed by atoms with Crippen molar-refractivity contribution in [2.75, 3.05) is 12.0 Å². The van der Waals surface area contributed by atoms with Crippen LogP contribution in [0.3, 0.4) is 0 Å². The fraction of sp³-hybridized carbons (Fsp3) is 0.611. The molecule has 1 aliphatic heterocycles. The van der Waals surface area contributed by atoms with Crippen LogP contribution < -0.4 is 9.64 Å². The first-order valence-electron chi connectivity index (χ1n) is 8.02. The van der Waals surface area contributed by atoms with E-state index in [2.05, 4.69) is 31.7 Å². The summed E-state index contributed by atoms with van der Waals surface area (Å²) in [6.45, 7) is 8.51. The third kappa shape index (κ3) is 2.92. The number of carboxylic acids is 1. The molecule has 0 radical (unpaired) electrons. The molecular formula is C18H27NO3. The van der Waals surface area contributed by atoms with Crippen LogP contribution in [-0.4, -0.2) is 29.8 Å². The van der Waals surface area contributed by atoms with Crippen molar-refractivity contribution in [1.29, 1.82) is 0 Å². The van der Waals surface area contributed by atoms with E-state index in [1.165, 1.54) is 5.56 Å². The number of hydrogen-bond donors (Lipinski definition) is 1. The number of hydrogen-bond acceptors (Lipinski definition) is 3. The highest BCUT2D eigenvalue weighted by molar-refractivity contribution is 5.80. The Balaban J connectivity index is 2.59. The lowest BCUT2D eigenvalue weighted by molar-refractivity contribution is -0.139. The number of methoxy groups -OCH3 is 1. The summed E-state index contributed by atoms with van der Waals surface area (Å²) in [6, 6.07) is 5.52. The van der Waals surface area contributed by atoms with Crippen LogP contribution in [0.15, 0.2) is 18.2 Å². The molecule has 1 heterocycles. The van der Waals surface area contributed by atoms with E-state index in [0.717, 1.165) is 24.3 Å². The molecule has 0 amide bonds. The number of carboxylic acid groups (broad SMARTS) is 1. The standard InChI is InChI=1S/C18H27NO3/c1-6-7-15(17(20)21)19-16-10-13(22-5)8-9-14(16)12(2)11-18(19,3)4/h8-10,12,15H,6-7,11H2,1-5H3,(H,20,21)/t12-,15+/m0/s1. The molecule has 2 atom stereocenters. The van der Waals surface area contributed by atoms with Gasteiger partial charge in [0, 0.05) is 17.3 Å². The number of fused-ring (bicyclic) bond motifs is 1. The molecule has 0 spiro atoms. The lowest BCUT2D eigenvalue weighted by atomic mass is 9.78. The smallest absolute Gasteiger partial charge is 0.326 e. The van der Waals surface area contributed by atoms with Crippen LogP contribution in [0.5, 0.6) is 5.75 Å². The van der Waals surface area contributed by atoms with E-state index in [1.54, 1.807) is 7.11 Å². The van der Waals surface area contributed by atoms with E-state index in [-0.39, 0.29) is 5.54 Å². The molecule has 0 saturated heterocycles. The van der Waals surface area contributed by atoms with Crippen molar-refractivity contribution in [2.24, 2.45) is 0 Å². The van der Waals surface area contributed by atoms with E-state index in [1.807, 2.05) is 19.1 Å². The van der Waals surface area contributed by atoms with Gasteiger partial charge in [-0.05, 0) is 44.2 Å². The van der Waals surface area contributed by atoms with Crippen LogP contribution >= 0.6 is 0 Å². The topological polar surface area (TPSA) is 49.8 Å². The predicted molar refractivity (Wildman–Crippen MR) is 88.9 cm³/mol. The molecule has 0 unspecified atom stereocenters. The quantitative estimate of drug-likeness (QED) is 0.892. The maximum atomic E-state index is 11.8. The van der Waals surface area contributed by atoms with Crippen LogP contribution in [0.25, 0.3) is 0 Å². The minimum Gasteiger partial charge on any atom is -0.497 e. The number of anilines is 1. The molecule has 1 aromatic rings. The van der Waals surface area contributed by atoms with Crippen LogP contribution in [0, 0.1) is 0 Å². The first-order valence-corrected chi connectivity index (χ1v) is 8.02. The van der Waals surface area contributed by atoms with Crippen molar-refractivity contribution in [1.82, 2.24) is 0 Å². The highest BCUT2D eigenvalue weighted by Gasteiger charge is 2.42. The number of rotatable bonds is 5. The van der Waals surface area contributed by atoms with Crippen molar-refractivity contribution in [3.05, 3.63) is 23.8 Å². The van der Waals surface area contributed by atoms with Crippen LogP contribution in [0.2, 0.25) is 0 Å². The number of carbonyl (C=O) groups is 1. The Kier molecular flexibility index (Phi) is 4.69. The molecule has 4 nitrogen and oxygen atoms in total. The molecule has 22 heavy (non-hydrogen) atoms. The second-order valence-corrected chi connectivity index (χ2v) is 6.86. The summed E-state index contributed by atoms with van der Waals surface area (Å²) < 4.78 is 5.36. The molecule has 2 rings (SSSR count). The SMILES string of the molecule is CCC[C@H](C(=O)O)N1c2cc(OC)ccc2[C@@H](C)CC1(C)C. The Labute approximate surface area is 133 Å². The fourth-order valence-corrected chi connectivity index (χ4v) is 3.79. The van der Waals surface area contributed by atoms with Gasteiger partial charge < -0.3 is 14.7 Å². The minimum absolute atomic E-state index is 0.197. The number of benzene rings is 1. The predicted octanol–water partition coefficient (Wildman–Crippen LogP) is 4.04. The van der Waals surface area contributed by atoms with Gasteiger partial charge in [0.2, 0.25) is 0 Å². The number of ether oxygens (including phenoxy) is 1. The van der Waals surface area contributed by atoms with Gasteiger partial charge in [-0.1, -0.05) is 26.3 Å². The van der Waals surface area contributed by atoms with Gasteiger partial charge >= 0.3 is 5.97 Å². The van der Waals surface area contributed by atoms with E-state index >= 15 is 0 Å².